The third-order valence-corrected chi connectivity index (χ3v) is 7.15. The van der Waals surface area contributed by atoms with E-state index in [1.165, 1.54) is 0 Å². The molecule has 1 aliphatic rings. The summed E-state index contributed by atoms with van der Waals surface area (Å²) in [4.78, 5) is 62.4. The molecule has 1 heterocycles. The highest BCUT2D eigenvalue weighted by atomic mass is 31.2. The summed E-state index contributed by atoms with van der Waals surface area (Å²) in [7, 11) is -10.9. The third-order valence-electron chi connectivity index (χ3n) is 5.42. The van der Waals surface area contributed by atoms with Crippen molar-refractivity contribution in [2.24, 2.45) is 0 Å². The van der Waals surface area contributed by atoms with Crippen LogP contribution >= 0.6 is 33.7 Å². The van der Waals surface area contributed by atoms with Gasteiger partial charge in [-0.3, -0.25) is 28.7 Å². The van der Waals surface area contributed by atoms with E-state index in [-0.39, 0.29) is 26.4 Å². The first-order valence-electron chi connectivity index (χ1n) is 11.4. The van der Waals surface area contributed by atoms with Crippen molar-refractivity contribution >= 4 is 33.7 Å². The van der Waals surface area contributed by atoms with Crippen molar-refractivity contribution in [1.82, 2.24) is 19.6 Å². The fourth-order valence-electron chi connectivity index (χ4n) is 3.50. The zero-order valence-electron chi connectivity index (χ0n) is 20.1. The number of hydrogen-bond acceptors (Lipinski definition) is 14. The van der Waals surface area contributed by atoms with Crippen molar-refractivity contribution in [3.05, 3.63) is 0 Å². The van der Waals surface area contributed by atoms with Gasteiger partial charge >= 0.3 is 33.7 Å². The van der Waals surface area contributed by atoms with Crippen LogP contribution in [0.3, 0.4) is 0 Å². The monoisotopic (exact) mass is 604 g/mol. The lowest BCUT2D eigenvalue weighted by Crippen LogP contribution is -2.47. The maximum absolute atomic E-state index is 10.9. The molecule has 1 fully saturated rings. The number of nitrogens with zero attached hydrogens (tertiary/aromatic N) is 4. The molecule has 0 radical (unpaired) electrons. The predicted octanol–water partition coefficient (Wildman–Crippen LogP) is -1.54. The van der Waals surface area contributed by atoms with Gasteiger partial charge in [0, 0.05) is 78.5 Å². The Morgan fingerprint density at radius 2 is 0.778 bits per heavy atom. The van der Waals surface area contributed by atoms with Gasteiger partial charge in [-0.05, 0) is 0 Å². The topological polar surface area (TPSA) is 205 Å². The van der Waals surface area contributed by atoms with E-state index in [9.17, 15) is 9.13 Å². The molecule has 2 unspecified atom stereocenters. The highest BCUT2D eigenvalue weighted by molar-refractivity contribution is 7.39. The lowest BCUT2D eigenvalue weighted by molar-refractivity contribution is 0.102. The molecule has 0 aromatic carbocycles. The Morgan fingerprint density at radius 3 is 1.00 bits per heavy atom. The molecule has 6 N–H and O–H groups in total. The average molecular weight is 604 g/mol. The molecule has 36 heavy (non-hydrogen) atoms. The molecule has 1 aliphatic heterocycles. The van der Waals surface area contributed by atoms with Crippen LogP contribution in [-0.2, 0) is 27.2 Å². The van der Waals surface area contributed by atoms with E-state index in [1.807, 2.05) is 0 Å². The van der Waals surface area contributed by atoms with Gasteiger partial charge in [0.2, 0.25) is 0 Å². The predicted molar refractivity (Wildman–Crippen MR) is 135 cm³/mol. The Morgan fingerprint density at radius 1 is 0.528 bits per heavy atom. The minimum absolute atomic E-state index is 0.0956. The van der Waals surface area contributed by atoms with Gasteiger partial charge in [0.15, 0.2) is 0 Å². The van der Waals surface area contributed by atoms with Crippen LogP contribution in [0, 0.1) is 0 Å². The summed E-state index contributed by atoms with van der Waals surface area (Å²) in [5.41, 5.74) is 0. The molecule has 0 aromatic rings. The van der Waals surface area contributed by atoms with E-state index < -0.39 is 33.7 Å². The van der Waals surface area contributed by atoms with Crippen LogP contribution in [0.15, 0.2) is 0 Å². The fraction of sp³-hybridized carbons (Fsp3) is 1.00. The molecule has 0 saturated carbocycles. The van der Waals surface area contributed by atoms with E-state index in [0.717, 1.165) is 0 Å². The molecule has 216 valence electrons. The zero-order valence-corrected chi connectivity index (χ0v) is 23.9. The average Bonchev–Trinajstić information content (AvgIpc) is 2.78. The molecule has 0 spiro atoms. The molecule has 20 heteroatoms. The second-order valence-corrected chi connectivity index (χ2v) is 10.9. The highest BCUT2D eigenvalue weighted by Gasteiger charge is 2.18. The Balaban J connectivity index is 2.85. The van der Waals surface area contributed by atoms with Crippen LogP contribution in [0.1, 0.15) is 0 Å². The maximum Gasteiger partial charge on any atom is 0.327 e. The minimum atomic E-state index is -3.03. The van der Waals surface area contributed by atoms with Gasteiger partial charge in [-0.15, -0.1) is 0 Å². The van der Waals surface area contributed by atoms with Gasteiger partial charge in [-0.1, -0.05) is 0 Å². The van der Waals surface area contributed by atoms with Gasteiger partial charge in [0.25, 0.3) is 0 Å². The largest absolute Gasteiger partial charge is 0.328 e. The zero-order chi connectivity index (χ0) is 26.8. The van der Waals surface area contributed by atoms with Crippen molar-refractivity contribution in [1.29, 1.82) is 0 Å². The normalized spacial score (nSPS) is 20.4. The first kappa shape index (κ1) is 34.8. The number of rotatable bonds is 16. The molecule has 1 rings (SSSR count). The van der Waals surface area contributed by atoms with Crippen molar-refractivity contribution in [2.75, 3.05) is 105 Å². The second kappa shape index (κ2) is 21.6. The standard InChI is InChI=1S/C16H40N4O12P4/c21-33(22)29-13-9-17-1-2-18(10-14-30-34(23)24)5-6-20(12-16-32-36(27)28)8-7-19(4-3-17)11-15-31-35(25)26/h21-24,35-36H,1-16H2,(H,25,26)(H,27,28). The van der Waals surface area contributed by atoms with Crippen LogP contribution in [-0.4, -0.2) is 154 Å². The summed E-state index contributed by atoms with van der Waals surface area (Å²) in [6.45, 7) is 7.16. The Labute approximate surface area is 215 Å². The van der Waals surface area contributed by atoms with Gasteiger partial charge < -0.3 is 47.5 Å². The Hall–Kier alpha value is 0.760. The van der Waals surface area contributed by atoms with Crippen LogP contribution in [0.4, 0.5) is 0 Å². The highest BCUT2D eigenvalue weighted by Crippen LogP contribution is 2.24. The molecule has 1 saturated heterocycles. The van der Waals surface area contributed by atoms with E-state index >= 15 is 0 Å². The van der Waals surface area contributed by atoms with E-state index in [4.69, 9.17) is 47.5 Å². The third kappa shape index (κ3) is 19.8. The van der Waals surface area contributed by atoms with E-state index in [0.29, 0.717) is 78.5 Å². The van der Waals surface area contributed by atoms with E-state index in [1.54, 1.807) is 0 Å². The number of hydrogen-bond donors (Lipinski definition) is 6. The molecule has 0 bridgehead atoms. The molecule has 0 aromatic heterocycles. The lowest BCUT2D eigenvalue weighted by atomic mass is 10.3. The van der Waals surface area contributed by atoms with Gasteiger partial charge in [-0.25, -0.2) is 0 Å². The van der Waals surface area contributed by atoms with Crippen LogP contribution in [0.2, 0.25) is 0 Å². The summed E-state index contributed by atoms with van der Waals surface area (Å²) in [5.74, 6) is 0. The molecule has 0 amide bonds. The van der Waals surface area contributed by atoms with Crippen molar-refractivity contribution < 1.29 is 56.6 Å². The molecule has 2 atom stereocenters. The molecular formula is C16H40N4O12P4. The summed E-state index contributed by atoms with van der Waals surface area (Å²) >= 11 is 0. The van der Waals surface area contributed by atoms with Crippen LogP contribution in [0.25, 0.3) is 0 Å². The minimum Gasteiger partial charge on any atom is -0.328 e. The van der Waals surface area contributed by atoms with Crippen LogP contribution < -0.4 is 0 Å². The quantitative estimate of drug-likeness (QED) is 0.110. The van der Waals surface area contributed by atoms with Crippen LogP contribution in [0.5, 0.6) is 0 Å². The summed E-state index contributed by atoms with van der Waals surface area (Å²) < 4.78 is 41.4. The lowest BCUT2D eigenvalue weighted by Gasteiger charge is -2.34. The second-order valence-electron chi connectivity index (χ2n) is 7.77. The maximum atomic E-state index is 10.9. The molecule has 0 aliphatic carbocycles. The Bertz CT molecular complexity index is 565. The van der Waals surface area contributed by atoms with Crippen molar-refractivity contribution in [3.63, 3.8) is 0 Å². The first-order valence-corrected chi connectivity index (χ1v) is 16.2. The van der Waals surface area contributed by atoms with Gasteiger partial charge in [0.05, 0.1) is 26.4 Å². The van der Waals surface area contributed by atoms with E-state index in [2.05, 4.69) is 19.6 Å². The summed E-state index contributed by atoms with van der Waals surface area (Å²) in [6, 6.07) is 0. The molecular weight excluding hydrogens is 564 g/mol. The SMILES string of the molecule is O=[PH](O)OCCN1CCN(CCOP(O)O)CCN(CCOP(O)O)CCN(CCO[PH](=O)O)CC1. The van der Waals surface area contributed by atoms with Crippen molar-refractivity contribution in [2.45, 2.75) is 0 Å². The summed E-state index contributed by atoms with van der Waals surface area (Å²) in [6.07, 6.45) is 0. The van der Waals surface area contributed by atoms with Gasteiger partial charge in [0.1, 0.15) is 0 Å². The van der Waals surface area contributed by atoms with Crippen molar-refractivity contribution in [3.8, 4) is 0 Å². The smallest absolute Gasteiger partial charge is 0.327 e. The van der Waals surface area contributed by atoms with Gasteiger partial charge in [-0.2, -0.15) is 0 Å². The Kier molecular flexibility index (Phi) is 20.8. The first-order chi connectivity index (χ1) is 17.2. The molecule has 16 nitrogen and oxygen atoms in total. The fourth-order valence-corrected chi connectivity index (χ4v) is 4.52. The summed E-state index contributed by atoms with van der Waals surface area (Å²) in [5, 5.41) is 0.